The Balaban J connectivity index is 2.02. The van der Waals surface area contributed by atoms with Crippen molar-refractivity contribution in [1.82, 2.24) is 0 Å². The van der Waals surface area contributed by atoms with Gasteiger partial charge in [0.1, 0.15) is 0 Å². The van der Waals surface area contributed by atoms with E-state index < -0.39 is 4.92 Å². The number of nitrogens with two attached hydrogens (primary N) is 1. The fourth-order valence-corrected chi connectivity index (χ4v) is 2.42. The highest BCUT2D eigenvalue weighted by atomic mass is 16.7. The van der Waals surface area contributed by atoms with Crippen LogP contribution in [0.3, 0.4) is 0 Å². The fraction of sp³-hybridized carbons (Fsp3) is 0.500. The SMILES string of the molecule is N[C@@H](c1cc2c(cc1[N+](=O)[O-])OCO2)C1CCC1. The Morgan fingerprint density at radius 1 is 1.33 bits per heavy atom. The van der Waals surface area contributed by atoms with Crippen molar-refractivity contribution in [2.45, 2.75) is 25.3 Å². The lowest BCUT2D eigenvalue weighted by atomic mass is 9.77. The van der Waals surface area contributed by atoms with Gasteiger partial charge in [0.25, 0.3) is 5.69 Å². The summed E-state index contributed by atoms with van der Waals surface area (Å²) >= 11 is 0. The lowest BCUT2D eigenvalue weighted by molar-refractivity contribution is -0.385. The smallest absolute Gasteiger partial charge is 0.278 e. The summed E-state index contributed by atoms with van der Waals surface area (Å²) in [4.78, 5) is 10.7. The molecule has 96 valence electrons. The molecule has 0 radical (unpaired) electrons. The highest BCUT2D eigenvalue weighted by molar-refractivity contribution is 5.56. The first kappa shape index (κ1) is 11.3. The van der Waals surface area contributed by atoms with Crippen molar-refractivity contribution >= 4 is 5.69 Å². The van der Waals surface area contributed by atoms with Crippen LogP contribution in [0.15, 0.2) is 12.1 Å². The van der Waals surface area contributed by atoms with Gasteiger partial charge in [-0.2, -0.15) is 0 Å². The van der Waals surface area contributed by atoms with E-state index in [1.807, 2.05) is 0 Å². The second kappa shape index (κ2) is 4.13. The molecule has 0 unspecified atom stereocenters. The second-order valence-electron chi connectivity index (χ2n) is 4.74. The van der Waals surface area contributed by atoms with Crippen molar-refractivity contribution in [2.75, 3.05) is 6.79 Å². The molecule has 0 spiro atoms. The zero-order valence-electron chi connectivity index (χ0n) is 9.80. The van der Waals surface area contributed by atoms with Crippen molar-refractivity contribution in [1.29, 1.82) is 0 Å². The average molecular weight is 250 g/mol. The molecular formula is C12H14N2O4. The number of nitro groups is 1. The van der Waals surface area contributed by atoms with Crippen LogP contribution in [0.5, 0.6) is 11.5 Å². The van der Waals surface area contributed by atoms with E-state index in [1.165, 1.54) is 6.07 Å². The Bertz CT molecular complexity index is 499. The van der Waals surface area contributed by atoms with Gasteiger partial charge in [0.15, 0.2) is 11.5 Å². The number of nitro benzene ring substituents is 1. The minimum absolute atomic E-state index is 0.0265. The Morgan fingerprint density at radius 3 is 2.56 bits per heavy atom. The van der Waals surface area contributed by atoms with Gasteiger partial charge >= 0.3 is 0 Å². The molecule has 0 bridgehead atoms. The van der Waals surface area contributed by atoms with Crippen LogP contribution in [0.1, 0.15) is 30.9 Å². The van der Waals surface area contributed by atoms with Gasteiger partial charge in [0.05, 0.1) is 16.6 Å². The number of ether oxygens (including phenoxy) is 2. The summed E-state index contributed by atoms with van der Waals surface area (Å²) in [5.41, 5.74) is 6.71. The van der Waals surface area contributed by atoms with Crippen LogP contribution in [0.2, 0.25) is 0 Å². The highest BCUT2D eigenvalue weighted by Crippen LogP contribution is 2.44. The molecule has 6 heteroatoms. The minimum atomic E-state index is -0.407. The van der Waals surface area contributed by atoms with E-state index in [9.17, 15) is 10.1 Å². The van der Waals surface area contributed by atoms with Crippen LogP contribution in [0.4, 0.5) is 5.69 Å². The molecule has 1 saturated carbocycles. The minimum Gasteiger partial charge on any atom is -0.454 e. The lowest BCUT2D eigenvalue weighted by Crippen LogP contribution is -2.27. The highest BCUT2D eigenvalue weighted by Gasteiger charge is 2.32. The van der Waals surface area contributed by atoms with Crippen LogP contribution in [-0.2, 0) is 0 Å². The molecule has 18 heavy (non-hydrogen) atoms. The van der Waals surface area contributed by atoms with E-state index in [0.29, 0.717) is 23.0 Å². The molecule has 6 nitrogen and oxygen atoms in total. The Hall–Kier alpha value is -1.82. The van der Waals surface area contributed by atoms with Crippen molar-refractivity contribution in [3.63, 3.8) is 0 Å². The van der Waals surface area contributed by atoms with Gasteiger partial charge in [-0.05, 0) is 24.8 Å². The van der Waals surface area contributed by atoms with E-state index in [-0.39, 0.29) is 18.5 Å². The van der Waals surface area contributed by atoms with Gasteiger partial charge in [0, 0.05) is 6.04 Å². The molecule has 1 fully saturated rings. The summed E-state index contributed by atoms with van der Waals surface area (Å²) in [7, 11) is 0. The Morgan fingerprint density at radius 2 is 2.00 bits per heavy atom. The number of rotatable bonds is 3. The molecule has 2 N–H and O–H groups in total. The van der Waals surface area contributed by atoms with Gasteiger partial charge < -0.3 is 15.2 Å². The number of nitrogens with zero attached hydrogens (tertiary/aromatic N) is 1. The largest absolute Gasteiger partial charge is 0.454 e. The van der Waals surface area contributed by atoms with E-state index in [0.717, 1.165) is 19.3 Å². The molecule has 0 saturated heterocycles. The van der Waals surface area contributed by atoms with Crippen LogP contribution in [-0.4, -0.2) is 11.7 Å². The maximum atomic E-state index is 11.1. The zero-order valence-corrected chi connectivity index (χ0v) is 9.80. The third-order valence-electron chi connectivity index (χ3n) is 3.74. The van der Waals surface area contributed by atoms with Crippen LogP contribution < -0.4 is 15.2 Å². The maximum Gasteiger partial charge on any atom is 0.278 e. The van der Waals surface area contributed by atoms with Gasteiger partial charge in [-0.3, -0.25) is 10.1 Å². The Kier molecular flexibility index (Phi) is 2.59. The molecular weight excluding hydrogens is 236 g/mol. The molecule has 1 atom stereocenters. The van der Waals surface area contributed by atoms with Crippen LogP contribution in [0.25, 0.3) is 0 Å². The molecule has 1 aliphatic heterocycles. The van der Waals surface area contributed by atoms with E-state index in [2.05, 4.69) is 0 Å². The summed E-state index contributed by atoms with van der Waals surface area (Å²) in [6.45, 7) is 0.106. The number of fused-ring (bicyclic) bond motifs is 1. The topological polar surface area (TPSA) is 87.6 Å². The van der Waals surface area contributed by atoms with Gasteiger partial charge in [-0.15, -0.1) is 0 Å². The standard InChI is InChI=1S/C12H14N2O4/c13-12(7-2-1-3-7)8-4-10-11(18-6-17-10)5-9(8)14(15)16/h4-5,7,12H,1-3,6,13H2/t12-/m1/s1. The zero-order chi connectivity index (χ0) is 12.7. The Labute approximate surface area is 104 Å². The monoisotopic (exact) mass is 250 g/mol. The van der Waals surface area contributed by atoms with Crippen LogP contribution >= 0.6 is 0 Å². The molecule has 0 amide bonds. The summed E-state index contributed by atoms with van der Waals surface area (Å²) in [5, 5.41) is 11.1. The summed E-state index contributed by atoms with van der Waals surface area (Å²) in [6.07, 6.45) is 3.22. The number of hydrogen-bond acceptors (Lipinski definition) is 5. The molecule has 1 aromatic rings. The van der Waals surface area contributed by atoms with Crippen molar-refractivity contribution in [2.24, 2.45) is 11.7 Å². The summed E-state index contributed by atoms with van der Waals surface area (Å²) in [5.74, 6) is 1.31. The molecule has 1 aromatic carbocycles. The fourth-order valence-electron chi connectivity index (χ4n) is 2.42. The van der Waals surface area contributed by atoms with E-state index >= 15 is 0 Å². The first-order valence-electron chi connectivity index (χ1n) is 6.00. The molecule has 3 rings (SSSR count). The second-order valence-corrected chi connectivity index (χ2v) is 4.74. The quantitative estimate of drug-likeness (QED) is 0.655. The number of benzene rings is 1. The summed E-state index contributed by atoms with van der Waals surface area (Å²) < 4.78 is 10.4. The van der Waals surface area contributed by atoms with E-state index in [4.69, 9.17) is 15.2 Å². The average Bonchev–Trinajstić information content (AvgIpc) is 2.71. The summed E-state index contributed by atoms with van der Waals surface area (Å²) in [6, 6.07) is 2.77. The lowest BCUT2D eigenvalue weighted by Gasteiger charge is -2.31. The van der Waals surface area contributed by atoms with Crippen molar-refractivity contribution in [3.8, 4) is 11.5 Å². The van der Waals surface area contributed by atoms with Gasteiger partial charge in [0.2, 0.25) is 6.79 Å². The maximum absolute atomic E-state index is 11.1. The predicted molar refractivity (Wildman–Crippen MR) is 63.5 cm³/mol. The van der Waals surface area contributed by atoms with Crippen molar-refractivity contribution in [3.05, 3.63) is 27.8 Å². The first-order chi connectivity index (χ1) is 8.66. The predicted octanol–water partition coefficient (Wildman–Crippen LogP) is 2.12. The molecule has 2 aliphatic rings. The van der Waals surface area contributed by atoms with Crippen LogP contribution in [0, 0.1) is 16.0 Å². The molecule has 1 heterocycles. The molecule has 0 aromatic heterocycles. The number of hydrogen-bond donors (Lipinski definition) is 1. The molecule has 1 aliphatic carbocycles. The van der Waals surface area contributed by atoms with Crippen molar-refractivity contribution < 1.29 is 14.4 Å². The first-order valence-corrected chi connectivity index (χ1v) is 6.00. The van der Waals surface area contributed by atoms with Gasteiger partial charge in [-0.1, -0.05) is 6.42 Å². The third kappa shape index (κ3) is 1.69. The van der Waals surface area contributed by atoms with Gasteiger partial charge in [-0.25, -0.2) is 0 Å². The third-order valence-corrected chi connectivity index (χ3v) is 3.74. The van der Waals surface area contributed by atoms with E-state index in [1.54, 1.807) is 6.07 Å². The normalized spacial score (nSPS) is 19.4.